The number of benzene rings is 3. The minimum Gasteiger partial charge on any atom is -0.379 e. The Balaban J connectivity index is 1.79. The van der Waals surface area contributed by atoms with E-state index in [4.69, 9.17) is 9.92 Å². The van der Waals surface area contributed by atoms with Crippen LogP contribution in [0.4, 0.5) is 0 Å². The van der Waals surface area contributed by atoms with E-state index in [1.807, 2.05) is 6.07 Å². The first-order valence-corrected chi connectivity index (χ1v) is 9.34. The van der Waals surface area contributed by atoms with Gasteiger partial charge in [0.2, 0.25) is 0 Å². The molecule has 0 aromatic heterocycles. The maximum Gasteiger partial charge on any atom is 0.339 e. The molecule has 6 heteroatoms. The molecule has 0 amide bonds. The van der Waals surface area contributed by atoms with Crippen LogP contribution in [0.3, 0.4) is 0 Å². The molecule has 0 aliphatic carbocycles. The monoisotopic (exact) mass is 367 g/mol. The molecule has 0 spiro atoms. The minimum atomic E-state index is -3.98. The predicted molar refractivity (Wildman–Crippen MR) is 98.5 cm³/mol. The second-order valence-electron chi connectivity index (χ2n) is 5.61. The van der Waals surface area contributed by atoms with Crippen LogP contribution < -0.4 is 9.92 Å². The summed E-state index contributed by atoms with van der Waals surface area (Å²) >= 11 is 0. The molecule has 0 fully saturated rings. The van der Waals surface area contributed by atoms with Gasteiger partial charge in [-0.25, -0.2) is 0 Å². The van der Waals surface area contributed by atoms with Crippen molar-refractivity contribution in [1.82, 2.24) is 0 Å². The van der Waals surface area contributed by atoms with E-state index in [9.17, 15) is 13.2 Å². The van der Waals surface area contributed by atoms with E-state index in [0.29, 0.717) is 17.7 Å². The summed E-state index contributed by atoms with van der Waals surface area (Å²) < 4.78 is 29.9. The Hall–Kier alpha value is -2.96. The number of nitrogens with two attached hydrogens (primary N) is 1. The van der Waals surface area contributed by atoms with Crippen molar-refractivity contribution in [1.29, 1.82) is 0 Å². The van der Waals surface area contributed by atoms with Crippen molar-refractivity contribution in [2.45, 2.75) is 11.4 Å². The first kappa shape index (κ1) is 17.8. The number of carbonyl (C=O) groups excluding carboxylic acids is 1. The largest absolute Gasteiger partial charge is 0.379 e. The van der Waals surface area contributed by atoms with Gasteiger partial charge in [0.1, 0.15) is 10.6 Å². The van der Waals surface area contributed by atoms with E-state index in [1.54, 1.807) is 48.5 Å². The third-order valence-electron chi connectivity index (χ3n) is 3.81. The highest BCUT2D eigenvalue weighted by Gasteiger charge is 2.18. The molecule has 0 atom stereocenters. The molecule has 0 heterocycles. The fraction of sp³-hybridized carbons (Fsp3) is 0.0500. The van der Waals surface area contributed by atoms with Crippen molar-refractivity contribution in [2.24, 2.45) is 5.73 Å². The Morgan fingerprint density at radius 2 is 1.38 bits per heavy atom. The lowest BCUT2D eigenvalue weighted by molar-refractivity contribution is 0.103. The molecule has 3 aromatic rings. The van der Waals surface area contributed by atoms with Gasteiger partial charge >= 0.3 is 10.1 Å². The molecule has 26 heavy (non-hydrogen) atoms. The van der Waals surface area contributed by atoms with E-state index >= 15 is 0 Å². The maximum absolute atomic E-state index is 12.4. The summed E-state index contributed by atoms with van der Waals surface area (Å²) in [6.07, 6.45) is 0. The number of ketones is 1. The van der Waals surface area contributed by atoms with Gasteiger partial charge in [-0.1, -0.05) is 42.5 Å². The van der Waals surface area contributed by atoms with Crippen molar-refractivity contribution >= 4 is 15.9 Å². The third kappa shape index (κ3) is 3.99. The fourth-order valence-corrected chi connectivity index (χ4v) is 3.32. The van der Waals surface area contributed by atoms with Gasteiger partial charge in [0.25, 0.3) is 0 Å². The minimum absolute atomic E-state index is 0.0231. The van der Waals surface area contributed by atoms with E-state index < -0.39 is 10.1 Å². The molecule has 0 aliphatic heterocycles. The van der Waals surface area contributed by atoms with E-state index in [0.717, 1.165) is 5.56 Å². The van der Waals surface area contributed by atoms with Crippen LogP contribution in [0.15, 0.2) is 83.8 Å². The second kappa shape index (κ2) is 7.51. The van der Waals surface area contributed by atoms with Crippen molar-refractivity contribution in [2.75, 3.05) is 0 Å². The lowest BCUT2D eigenvalue weighted by Gasteiger charge is -2.08. The highest BCUT2D eigenvalue weighted by atomic mass is 32.2. The Morgan fingerprint density at radius 3 is 1.96 bits per heavy atom. The first-order valence-electron chi connectivity index (χ1n) is 7.93. The molecular formula is C20H17NO4S. The molecule has 2 N–H and O–H groups in total. The van der Waals surface area contributed by atoms with Crippen LogP contribution in [0.2, 0.25) is 0 Å². The number of carbonyl (C=O) groups is 1. The van der Waals surface area contributed by atoms with Crippen LogP contribution in [-0.4, -0.2) is 14.2 Å². The second-order valence-corrected chi connectivity index (χ2v) is 7.15. The maximum atomic E-state index is 12.4. The average Bonchev–Trinajstić information content (AvgIpc) is 2.68. The van der Waals surface area contributed by atoms with Gasteiger partial charge in [-0.15, -0.1) is 0 Å². The lowest BCUT2D eigenvalue weighted by atomic mass is 10.0. The van der Waals surface area contributed by atoms with Gasteiger partial charge in [-0.05, 0) is 42.0 Å². The average molecular weight is 367 g/mol. The summed E-state index contributed by atoms with van der Waals surface area (Å²) in [5, 5.41) is 0. The zero-order valence-electron chi connectivity index (χ0n) is 13.8. The van der Waals surface area contributed by atoms with Gasteiger partial charge in [-0.3, -0.25) is 4.79 Å². The molecule has 0 radical (unpaired) electrons. The van der Waals surface area contributed by atoms with Crippen molar-refractivity contribution in [3.63, 3.8) is 0 Å². The van der Waals surface area contributed by atoms with Crippen LogP contribution in [0, 0.1) is 0 Å². The lowest BCUT2D eigenvalue weighted by Crippen LogP contribution is -2.10. The van der Waals surface area contributed by atoms with Crippen LogP contribution in [0.1, 0.15) is 21.5 Å². The highest BCUT2D eigenvalue weighted by Crippen LogP contribution is 2.20. The Bertz CT molecular complexity index is 996. The van der Waals surface area contributed by atoms with Gasteiger partial charge in [0.05, 0.1) is 0 Å². The van der Waals surface area contributed by atoms with Gasteiger partial charge in [0.15, 0.2) is 5.78 Å². The summed E-state index contributed by atoms with van der Waals surface area (Å²) in [6, 6.07) is 21.0. The molecule has 0 saturated heterocycles. The van der Waals surface area contributed by atoms with E-state index in [-0.39, 0.29) is 16.4 Å². The summed E-state index contributed by atoms with van der Waals surface area (Å²) in [4.78, 5) is 12.3. The molecule has 0 aliphatic rings. The molecule has 132 valence electrons. The van der Waals surface area contributed by atoms with E-state index in [2.05, 4.69) is 0 Å². The molecule has 0 unspecified atom stereocenters. The zero-order valence-corrected chi connectivity index (χ0v) is 14.6. The molecule has 0 bridgehead atoms. The van der Waals surface area contributed by atoms with Crippen molar-refractivity contribution in [3.05, 3.63) is 95.6 Å². The standard InChI is InChI=1S/C20H17NO4S/c21-14-15-6-10-18(11-7-15)25-26(23,24)19-12-8-17(9-13-19)20(22)16-4-2-1-3-5-16/h1-13H,14,21H2. The van der Waals surface area contributed by atoms with Crippen LogP contribution in [0.5, 0.6) is 5.75 Å². The molecule has 0 saturated carbocycles. The van der Waals surface area contributed by atoms with Crippen LogP contribution >= 0.6 is 0 Å². The predicted octanol–water partition coefficient (Wildman–Crippen LogP) is 3.14. The smallest absolute Gasteiger partial charge is 0.339 e. The van der Waals surface area contributed by atoms with Gasteiger partial charge in [-0.2, -0.15) is 8.42 Å². The normalized spacial score (nSPS) is 11.1. The molecule has 3 aromatic carbocycles. The molecule has 3 rings (SSSR count). The van der Waals surface area contributed by atoms with E-state index in [1.165, 1.54) is 24.3 Å². The van der Waals surface area contributed by atoms with Gasteiger partial charge < -0.3 is 9.92 Å². The summed E-state index contributed by atoms with van der Waals surface area (Å²) in [5.41, 5.74) is 7.33. The Morgan fingerprint density at radius 1 is 0.808 bits per heavy atom. The number of rotatable bonds is 6. The summed E-state index contributed by atoms with van der Waals surface area (Å²) in [6.45, 7) is 0.365. The summed E-state index contributed by atoms with van der Waals surface area (Å²) in [5.74, 6) is 0.0273. The summed E-state index contributed by atoms with van der Waals surface area (Å²) in [7, 11) is -3.98. The fourth-order valence-electron chi connectivity index (χ4n) is 2.39. The Kier molecular flexibility index (Phi) is 5.16. The SMILES string of the molecule is NCc1ccc(OS(=O)(=O)c2ccc(C(=O)c3ccccc3)cc2)cc1. The van der Waals surface area contributed by atoms with Gasteiger partial charge in [0, 0.05) is 17.7 Å². The molecule has 5 nitrogen and oxygen atoms in total. The van der Waals surface area contributed by atoms with Crippen molar-refractivity contribution < 1.29 is 17.4 Å². The van der Waals surface area contributed by atoms with Crippen molar-refractivity contribution in [3.8, 4) is 5.75 Å². The Labute approximate surface area is 152 Å². The third-order valence-corrected chi connectivity index (χ3v) is 5.07. The highest BCUT2D eigenvalue weighted by molar-refractivity contribution is 7.87. The van der Waals surface area contributed by atoms with Crippen LogP contribution in [0.25, 0.3) is 0 Å². The molecular weight excluding hydrogens is 350 g/mol. The number of hydrogen-bond donors (Lipinski definition) is 1. The zero-order chi connectivity index (χ0) is 18.6. The quantitative estimate of drug-likeness (QED) is 0.534. The first-order chi connectivity index (χ1) is 12.5. The van der Waals surface area contributed by atoms with Crippen LogP contribution in [-0.2, 0) is 16.7 Å². The number of hydrogen-bond acceptors (Lipinski definition) is 5. The topological polar surface area (TPSA) is 86.5 Å².